The van der Waals surface area contributed by atoms with E-state index in [0.29, 0.717) is 0 Å². The number of hydrogen-bond acceptors (Lipinski definition) is 3. The summed E-state index contributed by atoms with van der Waals surface area (Å²) in [5, 5.41) is 0. The number of hydrazine groups is 1. The van der Waals surface area contributed by atoms with Gasteiger partial charge in [0.15, 0.2) is 0 Å². The highest BCUT2D eigenvalue weighted by Crippen LogP contribution is 2.28. The van der Waals surface area contributed by atoms with Gasteiger partial charge in [-0.15, -0.1) is 0 Å². The fraction of sp³-hybridized carbons (Fsp3) is 0.294. The Hall–Kier alpha value is -1.84. The van der Waals surface area contributed by atoms with Gasteiger partial charge in [0.25, 0.3) is 0 Å². The van der Waals surface area contributed by atoms with Crippen LogP contribution < -0.4 is 16.0 Å². The molecule has 1 unspecified atom stereocenters. The number of rotatable bonds is 5. The van der Waals surface area contributed by atoms with Crippen LogP contribution in [0.3, 0.4) is 0 Å². The second-order valence-electron chi connectivity index (χ2n) is 5.15. The number of ether oxygens (including phenoxy) is 1. The van der Waals surface area contributed by atoms with Crippen LogP contribution in [0.4, 0.5) is 0 Å². The average Bonchev–Trinajstić information content (AvgIpc) is 2.47. The molecule has 2 aromatic carbocycles. The molecule has 106 valence electrons. The van der Waals surface area contributed by atoms with Crippen LogP contribution in [-0.4, -0.2) is 7.11 Å². The monoisotopic (exact) mass is 270 g/mol. The minimum absolute atomic E-state index is 0.0354. The van der Waals surface area contributed by atoms with Crippen molar-refractivity contribution in [2.75, 3.05) is 7.11 Å². The van der Waals surface area contributed by atoms with Crippen LogP contribution in [0.15, 0.2) is 42.5 Å². The number of nitrogens with one attached hydrogen (secondary N) is 1. The lowest BCUT2D eigenvalue weighted by Crippen LogP contribution is -2.30. The van der Waals surface area contributed by atoms with Gasteiger partial charge in [0.1, 0.15) is 5.75 Å². The molecule has 0 spiro atoms. The van der Waals surface area contributed by atoms with Gasteiger partial charge in [-0.25, -0.2) is 0 Å². The van der Waals surface area contributed by atoms with Crippen LogP contribution in [0.25, 0.3) is 0 Å². The first-order valence-electron chi connectivity index (χ1n) is 6.80. The van der Waals surface area contributed by atoms with E-state index in [1.165, 1.54) is 16.7 Å². The molecule has 2 aromatic rings. The van der Waals surface area contributed by atoms with E-state index in [9.17, 15) is 0 Å². The van der Waals surface area contributed by atoms with E-state index in [1.54, 1.807) is 7.11 Å². The van der Waals surface area contributed by atoms with E-state index >= 15 is 0 Å². The maximum Gasteiger partial charge on any atom is 0.123 e. The summed E-state index contributed by atoms with van der Waals surface area (Å²) in [5.41, 5.74) is 7.67. The van der Waals surface area contributed by atoms with Crippen LogP contribution in [0.2, 0.25) is 0 Å². The number of nitrogens with two attached hydrogens (primary N) is 1. The van der Waals surface area contributed by atoms with Crippen molar-refractivity contribution in [1.29, 1.82) is 0 Å². The Morgan fingerprint density at radius 2 is 1.70 bits per heavy atom. The first kappa shape index (κ1) is 14.6. The predicted octanol–water partition coefficient (Wildman–Crippen LogP) is 3.06. The van der Waals surface area contributed by atoms with Crippen LogP contribution in [0, 0.1) is 13.8 Å². The largest absolute Gasteiger partial charge is 0.496 e. The Kier molecular flexibility index (Phi) is 4.77. The molecule has 0 bridgehead atoms. The van der Waals surface area contributed by atoms with Crippen molar-refractivity contribution in [2.24, 2.45) is 5.84 Å². The van der Waals surface area contributed by atoms with Gasteiger partial charge in [-0.3, -0.25) is 11.3 Å². The van der Waals surface area contributed by atoms with Gasteiger partial charge in [-0.05, 0) is 37.5 Å². The van der Waals surface area contributed by atoms with Crippen LogP contribution in [0.1, 0.15) is 28.3 Å². The van der Waals surface area contributed by atoms with E-state index in [1.807, 2.05) is 6.07 Å². The molecular weight excluding hydrogens is 248 g/mol. The summed E-state index contributed by atoms with van der Waals surface area (Å²) in [6.45, 7) is 4.14. The summed E-state index contributed by atoms with van der Waals surface area (Å²) < 4.78 is 5.47. The fourth-order valence-electron chi connectivity index (χ4n) is 2.32. The van der Waals surface area contributed by atoms with E-state index in [0.717, 1.165) is 17.7 Å². The Morgan fingerprint density at radius 1 is 1.05 bits per heavy atom. The Bertz CT molecular complexity index is 564. The van der Waals surface area contributed by atoms with Crippen LogP contribution >= 0.6 is 0 Å². The summed E-state index contributed by atoms with van der Waals surface area (Å²) in [6, 6.07) is 14.7. The molecule has 0 aromatic heterocycles. The lowest BCUT2D eigenvalue weighted by atomic mass is 9.97. The maximum atomic E-state index is 5.74. The lowest BCUT2D eigenvalue weighted by molar-refractivity contribution is 0.398. The molecule has 0 fully saturated rings. The zero-order valence-electron chi connectivity index (χ0n) is 12.3. The van der Waals surface area contributed by atoms with E-state index in [2.05, 4.69) is 55.7 Å². The van der Waals surface area contributed by atoms with Gasteiger partial charge < -0.3 is 4.74 Å². The Labute approximate surface area is 120 Å². The molecular formula is C17H22N2O. The molecule has 0 aliphatic rings. The third-order valence-electron chi connectivity index (χ3n) is 3.53. The van der Waals surface area contributed by atoms with Crippen molar-refractivity contribution in [1.82, 2.24) is 5.43 Å². The van der Waals surface area contributed by atoms with Crippen molar-refractivity contribution >= 4 is 0 Å². The molecule has 20 heavy (non-hydrogen) atoms. The normalized spacial score (nSPS) is 12.2. The molecule has 2 rings (SSSR count). The standard InChI is InChI=1S/C17H22N2O/c1-12-4-7-14(8-5-12)11-16(19-18)15-9-6-13(2)10-17(15)20-3/h4-10,16,19H,11,18H2,1-3H3. The zero-order chi connectivity index (χ0) is 14.5. The number of methoxy groups -OCH3 is 1. The topological polar surface area (TPSA) is 47.3 Å². The van der Waals surface area contributed by atoms with E-state index in [4.69, 9.17) is 10.6 Å². The molecule has 3 nitrogen and oxygen atoms in total. The Morgan fingerprint density at radius 3 is 2.30 bits per heavy atom. The summed E-state index contributed by atoms with van der Waals surface area (Å²) in [5.74, 6) is 6.61. The van der Waals surface area contributed by atoms with E-state index in [-0.39, 0.29) is 6.04 Å². The predicted molar refractivity (Wildman–Crippen MR) is 82.7 cm³/mol. The highest BCUT2D eigenvalue weighted by Gasteiger charge is 2.15. The number of benzene rings is 2. The van der Waals surface area contributed by atoms with Gasteiger partial charge in [0.05, 0.1) is 13.2 Å². The minimum Gasteiger partial charge on any atom is -0.496 e. The van der Waals surface area contributed by atoms with Gasteiger partial charge in [0, 0.05) is 5.56 Å². The highest BCUT2D eigenvalue weighted by molar-refractivity contribution is 5.40. The molecule has 0 radical (unpaired) electrons. The quantitative estimate of drug-likeness (QED) is 0.648. The summed E-state index contributed by atoms with van der Waals surface area (Å²) in [7, 11) is 1.69. The van der Waals surface area contributed by atoms with Gasteiger partial charge >= 0.3 is 0 Å². The van der Waals surface area contributed by atoms with Crippen molar-refractivity contribution < 1.29 is 4.74 Å². The van der Waals surface area contributed by atoms with Crippen LogP contribution in [0.5, 0.6) is 5.75 Å². The van der Waals surface area contributed by atoms with Crippen molar-refractivity contribution in [3.05, 3.63) is 64.7 Å². The maximum absolute atomic E-state index is 5.74. The molecule has 0 aliphatic heterocycles. The molecule has 3 heteroatoms. The second kappa shape index (κ2) is 6.55. The van der Waals surface area contributed by atoms with Gasteiger partial charge in [-0.1, -0.05) is 42.0 Å². The highest BCUT2D eigenvalue weighted by atomic mass is 16.5. The SMILES string of the molecule is COc1cc(C)ccc1C(Cc1ccc(C)cc1)NN. The van der Waals surface area contributed by atoms with Gasteiger partial charge in [0.2, 0.25) is 0 Å². The fourth-order valence-corrected chi connectivity index (χ4v) is 2.32. The third-order valence-corrected chi connectivity index (χ3v) is 3.53. The summed E-state index contributed by atoms with van der Waals surface area (Å²) in [4.78, 5) is 0. The molecule has 0 amide bonds. The summed E-state index contributed by atoms with van der Waals surface area (Å²) in [6.07, 6.45) is 0.830. The van der Waals surface area contributed by atoms with Crippen molar-refractivity contribution in [3.8, 4) is 5.75 Å². The average molecular weight is 270 g/mol. The van der Waals surface area contributed by atoms with Crippen molar-refractivity contribution in [3.63, 3.8) is 0 Å². The number of aryl methyl sites for hydroxylation is 2. The first-order valence-corrected chi connectivity index (χ1v) is 6.80. The van der Waals surface area contributed by atoms with Gasteiger partial charge in [-0.2, -0.15) is 0 Å². The smallest absolute Gasteiger partial charge is 0.123 e. The lowest BCUT2D eigenvalue weighted by Gasteiger charge is -2.19. The molecule has 0 aliphatic carbocycles. The third kappa shape index (κ3) is 3.38. The molecule has 1 atom stereocenters. The minimum atomic E-state index is 0.0354. The van der Waals surface area contributed by atoms with Crippen LogP contribution in [-0.2, 0) is 6.42 Å². The second-order valence-corrected chi connectivity index (χ2v) is 5.15. The molecule has 0 saturated heterocycles. The first-order chi connectivity index (χ1) is 9.63. The van der Waals surface area contributed by atoms with Crippen molar-refractivity contribution in [2.45, 2.75) is 26.3 Å². The number of hydrogen-bond donors (Lipinski definition) is 2. The summed E-state index contributed by atoms with van der Waals surface area (Å²) >= 11 is 0. The molecule has 0 heterocycles. The molecule has 3 N–H and O–H groups in total. The Balaban J connectivity index is 2.26. The molecule has 0 saturated carbocycles. The zero-order valence-corrected chi connectivity index (χ0v) is 12.3. The van der Waals surface area contributed by atoms with E-state index < -0.39 is 0 Å².